The number of nitrogens with two attached hydrogens (primary N) is 1. The first-order chi connectivity index (χ1) is 7.52. The van der Waals surface area contributed by atoms with Crippen molar-refractivity contribution in [3.63, 3.8) is 0 Å². The maximum absolute atomic E-state index is 13.3. The van der Waals surface area contributed by atoms with E-state index in [0.717, 1.165) is 18.9 Å². The number of hydrogen-bond acceptors (Lipinski definition) is 1. The molecule has 3 heteroatoms. The average Bonchev–Trinajstić information content (AvgIpc) is 2.22. The first-order valence-electron chi connectivity index (χ1n) is 5.72. The molecule has 2 unspecified atom stereocenters. The maximum atomic E-state index is 13.3. The Bertz CT molecular complexity index is 339. The normalized spacial score (nSPS) is 14.8. The molecule has 0 heterocycles. The topological polar surface area (TPSA) is 26.0 Å². The summed E-state index contributed by atoms with van der Waals surface area (Å²) >= 11 is 0. The Hall–Kier alpha value is -0.960. The van der Waals surface area contributed by atoms with E-state index in [2.05, 4.69) is 13.8 Å². The zero-order valence-electron chi connectivity index (χ0n) is 9.84. The summed E-state index contributed by atoms with van der Waals surface area (Å²) in [5.74, 6) is -0.505. The molecule has 0 aliphatic heterocycles. The molecule has 1 rings (SSSR count). The summed E-state index contributed by atoms with van der Waals surface area (Å²) in [6, 6.07) is 3.59. The molecule has 0 radical (unpaired) electrons. The summed E-state index contributed by atoms with van der Waals surface area (Å²) in [5, 5.41) is 0. The lowest BCUT2D eigenvalue weighted by atomic mass is 9.95. The SMILES string of the molecule is CCC(C)CC(N)Cc1ccc(F)cc1F. The van der Waals surface area contributed by atoms with E-state index in [1.165, 1.54) is 12.1 Å². The molecule has 1 aromatic carbocycles. The van der Waals surface area contributed by atoms with Gasteiger partial charge in [0.1, 0.15) is 11.6 Å². The third kappa shape index (κ3) is 3.89. The Morgan fingerprint density at radius 3 is 2.56 bits per heavy atom. The summed E-state index contributed by atoms with van der Waals surface area (Å²) in [7, 11) is 0. The lowest BCUT2D eigenvalue weighted by Crippen LogP contribution is -2.25. The zero-order chi connectivity index (χ0) is 12.1. The van der Waals surface area contributed by atoms with Gasteiger partial charge < -0.3 is 5.73 Å². The molecule has 90 valence electrons. The Morgan fingerprint density at radius 2 is 2.00 bits per heavy atom. The molecular weight excluding hydrogens is 208 g/mol. The predicted octanol–water partition coefficient (Wildman–Crippen LogP) is 3.27. The number of hydrogen-bond donors (Lipinski definition) is 1. The van der Waals surface area contributed by atoms with Gasteiger partial charge in [-0.15, -0.1) is 0 Å². The molecule has 2 N–H and O–H groups in total. The molecule has 1 nitrogen and oxygen atoms in total. The first kappa shape index (κ1) is 13.1. The van der Waals surface area contributed by atoms with Crippen LogP contribution < -0.4 is 5.73 Å². The Kier molecular flexibility index (Phi) is 4.87. The first-order valence-corrected chi connectivity index (χ1v) is 5.72. The van der Waals surface area contributed by atoms with Gasteiger partial charge in [0.2, 0.25) is 0 Å². The molecule has 16 heavy (non-hydrogen) atoms. The van der Waals surface area contributed by atoms with Crippen molar-refractivity contribution in [1.29, 1.82) is 0 Å². The second kappa shape index (κ2) is 5.94. The Morgan fingerprint density at radius 1 is 1.31 bits per heavy atom. The van der Waals surface area contributed by atoms with E-state index in [-0.39, 0.29) is 6.04 Å². The second-order valence-corrected chi connectivity index (χ2v) is 4.45. The summed E-state index contributed by atoms with van der Waals surface area (Å²) in [6.07, 6.45) is 2.41. The van der Waals surface area contributed by atoms with E-state index < -0.39 is 11.6 Å². The lowest BCUT2D eigenvalue weighted by molar-refractivity contribution is 0.445. The highest BCUT2D eigenvalue weighted by atomic mass is 19.1. The van der Waals surface area contributed by atoms with Gasteiger partial charge in [-0.2, -0.15) is 0 Å². The van der Waals surface area contributed by atoms with Crippen LogP contribution in [-0.2, 0) is 6.42 Å². The van der Waals surface area contributed by atoms with Crippen LogP contribution in [0.15, 0.2) is 18.2 Å². The molecule has 2 atom stereocenters. The van der Waals surface area contributed by atoms with Crippen molar-refractivity contribution in [2.45, 2.75) is 39.2 Å². The van der Waals surface area contributed by atoms with Crippen molar-refractivity contribution in [2.24, 2.45) is 11.7 Å². The van der Waals surface area contributed by atoms with Crippen molar-refractivity contribution in [3.8, 4) is 0 Å². The van der Waals surface area contributed by atoms with E-state index in [9.17, 15) is 8.78 Å². The lowest BCUT2D eigenvalue weighted by Gasteiger charge is -2.16. The van der Waals surface area contributed by atoms with Crippen molar-refractivity contribution in [1.82, 2.24) is 0 Å². The number of halogens is 2. The van der Waals surface area contributed by atoms with Crippen LogP contribution in [0, 0.1) is 17.6 Å². The van der Waals surface area contributed by atoms with Gasteiger partial charge in [0.15, 0.2) is 0 Å². The van der Waals surface area contributed by atoms with Crippen molar-refractivity contribution in [2.75, 3.05) is 0 Å². The minimum Gasteiger partial charge on any atom is -0.327 e. The highest BCUT2D eigenvalue weighted by Gasteiger charge is 2.11. The van der Waals surface area contributed by atoms with Gasteiger partial charge in [-0.3, -0.25) is 0 Å². The largest absolute Gasteiger partial charge is 0.327 e. The van der Waals surface area contributed by atoms with Crippen molar-refractivity contribution in [3.05, 3.63) is 35.4 Å². The molecule has 0 saturated heterocycles. The molecule has 0 aromatic heterocycles. The van der Waals surface area contributed by atoms with Gasteiger partial charge in [0.25, 0.3) is 0 Å². The van der Waals surface area contributed by atoms with E-state index in [0.29, 0.717) is 17.9 Å². The predicted molar refractivity (Wildman–Crippen MR) is 62.1 cm³/mol. The van der Waals surface area contributed by atoms with Crippen LogP contribution in [0.1, 0.15) is 32.3 Å². The third-order valence-electron chi connectivity index (χ3n) is 2.90. The minimum atomic E-state index is -0.545. The van der Waals surface area contributed by atoms with E-state index in [1.54, 1.807) is 0 Å². The highest BCUT2D eigenvalue weighted by Crippen LogP contribution is 2.15. The summed E-state index contributed by atoms with van der Waals surface area (Å²) in [5.41, 5.74) is 6.43. The Balaban J connectivity index is 2.59. The molecule has 0 bridgehead atoms. The van der Waals surface area contributed by atoms with Crippen LogP contribution in [-0.4, -0.2) is 6.04 Å². The summed E-state index contributed by atoms with van der Waals surface area (Å²) in [4.78, 5) is 0. The average molecular weight is 227 g/mol. The molecule has 0 aliphatic carbocycles. The summed E-state index contributed by atoms with van der Waals surface area (Å²) < 4.78 is 26.0. The van der Waals surface area contributed by atoms with E-state index in [1.807, 2.05) is 0 Å². The molecule has 0 aliphatic rings. The molecule has 0 spiro atoms. The standard InChI is InChI=1S/C13H19F2N/c1-3-9(2)6-12(16)7-10-4-5-11(14)8-13(10)15/h4-5,8-9,12H,3,6-7,16H2,1-2H3. The zero-order valence-corrected chi connectivity index (χ0v) is 9.84. The van der Waals surface area contributed by atoms with Crippen molar-refractivity contribution >= 4 is 0 Å². The van der Waals surface area contributed by atoms with Crippen LogP contribution in [0.4, 0.5) is 8.78 Å². The quantitative estimate of drug-likeness (QED) is 0.820. The van der Waals surface area contributed by atoms with Gasteiger partial charge in [0, 0.05) is 12.1 Å². The van der Waals surface area contributed by atoms with Crippen LogP contribution in [0.2, 0.25) is 0 Å². The number of benzene rings is 1. The Labute approximate surface area is 95.7 Å². The third-order valence-corrected chi connectivity index (χ3v) is 2.90. The molecular formula is C13H19F2N. The fourth-order valence-corrected chi connectivity index (χ4v) is 1.74. The van der Waals surface area contributed by atoms with Gasteiger partial charge in [0.05, 0.1) is 0 Å². The minimum absolute atomic E-state index is 0.0603. The van der Waals surface area contributed by atoms with Gasteiger partial charge >= 0.3 is 0 Å². The van der Waals surface area contributed by atoms with Crippen molar-refractivity contribution < 1.29 is 8.78 Å². The fourth-order valence-electron chi connectivity index (χ4n) is 1.74. The molecule has 0 amide bonds. The smallest absolute Gasteiger partial charge is 0.129 e. The second-order valence-electron chi connectivity index (χ2n) is 4.45. The van der Waals surface area contributed by atoms with Gasteiger partial charge in [-0.05, 0) is 30.4 Å². The van der Waals surface area contributed by atoms with Gasteiger partial charge in [-0.25, -0.2) is 8.78 Å². The van der Waals surface area contributed by atoms with Crippen LogP contribution in [0.5, 0.6) is 0 Å². The maximum Gasteiger partial charge on any atom is 0.129 e. The van der Waals surface area contributed by atoms with Crippen LogP contribution in [0.25, 0.3) is 0 Å². The fraction of sp³-hybridized carbons (Fsp3) is 0.538. The van der Waals surface area contributed by atoms with E-state index >= 15 is 0 Å². The molecule has 0 fully saturated rings. The highest BCUT2D eigenvalue weighted by molar-refractivity contribution is 5.19. The molecule has 1 aromatic rings. The van der Waals surface area contributed by atoms with E-state index in [4.69, 9.17) is 5.73 Å². The monoisotopic (exact) mass is 227 g/mol. The van der Waals surface area contributed by atoms with Gasteiger partial charge in [-0.1, -0.05) is 26.3 Å². The number of rotatable bonds is 5. The summed E-state index contributed by atoms with van der Waals surface area (Å²) in [6.45, 7) is 4.23. The molecule has 0 saturated carbocycles. The van der Waals surface area contributed by atoms with Crippen LogP contribution >= 0.6 is 0 Å². The van der Waals surface area contributed by atoms with Crippen LogP contribution in [0.3, 0.4) is 0 Å².